The summed E-state index contributed by atoms with van der Waals surface area (Å²) in [6, 6.07) is -0.262. The molecule has 2 N–H and O–H groups in total. The number of nitrogens with one attached hydrogen (secondary N) is 2. The van der Waals surface area contributed by atoms with Crippen LogP contribution in [-0.2, 0) is 0 Å². The summed E-state index contributed by atoms with van der Waals surface area (Å²) in [6.07, 6.45) is 2.21. The van der Waals surface area contributed by atoms with Crippen LogP contribution >= 0.6 is 0 Å². The fourth-order valence-corrected chi connectivity index (χ4v) is 1.01. The standard InChI is InChI=1S/C7H11N3O/c1-3-5-4-6(8)9-7(11)10(5)2/h3,5H,1,4H2,2H3,(H2,8,9,11). The van der Waals surface area contributed by atoms with Gasteiger partial charge in [-0.3, -0.25) is 10.7 Å². The molecule has 1 saturated heterocycles. The van der Waals surface area contributed by atoms with Crippen LogP contribution in [0.1, 0.15) is 6.42 Å². The van der Waals surface area contributed by atoms with Crippen LogP contribution in [-0.4, -0.2) is 29.9 Å². The number of urea groups is 1. The Kier molecular flexibility index (Phi) is 1.94. The van der Waals surface area contributed by atoms with Crippen molar-refractivity contribution in [1.29, 1.82) is 5.41 Å². The lowest BCUT2D eigenvalue weighted by Crippen LogP contribution is -2.51. The second-order valence-corrected chi connectivity index (χ2v) is 2.53. The SMILES string of the molecule is C=CC1CC(=N)NC(=O)N1C. The summed E-state index contributed by atoms with van der Waals surface area (Å²) in [5.41, 5.74) is 0. The van der Waals surface area contributed by atoms with Crippen molar-refractivity contribution in [2.24, 2.45) is 0 Å². The second kappa shape index (κ2) is 2.74. The molecule has 0 aromatic rings. The summed E-state index contributed by atoms with van der Waals surface area (Å²) in [5, 5.41) is 9.65. The van der Waals surface area contributed by atoms with Gasteiger partial charge in [0.2, 0.25) is 0 Å². The van der Waals surface area contributed by atoms with Gasteiger partial charge in [-0.25, -0.2) is 4.79 Å². The maximum atomic E-state index is 11.0. The molecule has 2 amide bonds. The van der Waals surface area contributed by atoms with E-state index in [2.05, 4.69) is 11.9 Å². The molecule has 11 heavy (non-hydrogen) atoms. The Balaban J connectivity index is 2.73. The molecule has 0 saturated carbocycles. The van der Waals surface area contributed by atoms with Gasteiger partial charge in [-0.05, 0) is 0 Å². The summed E-state index contributed by atoms with van der Waals surface area (Å²) in [5.74, 6) is 0.262. The van der Waals surface area contributed by atoms with Gasteiger partial charge in [0, 0.05) is 13.5 Å². The van der Waals surface area contributed by atoms with Crippen molar-refractivity contribution < 1.29 is 4.79 Å². The van der Waals surface area contributed by atoms with E-state index in [9.17, 15) is 4.79 Å². The smallest absolute Gasteiger partial charge is 0.321 e. The van der Waals surface area contributed by atoms with E-state index in [0.29, 0.717) is 6.42 Å². The lowest BCUT2D eigenvalue weighted by molar-refractivity contribution is 0.199. The van der Waals surface area contributed by atoms with Crippen LogP contribution in [0.5, 0.6) is 0 Å². The fraction of sp³-hybridized carbons (Fsp3) is 0.429. The number of hydrogen-bond acceptors (Lipinski definition) is 2. The van der Waals surface area contributed by atoms with Crippen molar-refractivity contribution in [2.45, 2.75) is 12.5 Å². The first-order valence-corrected chi connectivity index (χ1v) is 3.39. The molecule has 0 radical (unpaired) electrons. The Hall–Kier alpha value is -1.32. The molecule has 1 unspecified atom stereocenters. The van der Waals surface area contributed by atoms with E-state index < -0.39 is 0 Å². The molecule has 1 aliphatic heterocycles. The molecule has 1 heterocycles. The van der Waals surface area contributed by atoms with Gasteiger partial charge in [-0.1, -0.05) is 6.08 Å². The summed E-state index contributed by atoms with van der Waals surface area (Å²) in [7, 11) is 1.69. The highest BCUT2D eigenvalue weighted by molar-refractivity contribution is 5.98. The molecule has 0 aromatic heterocycles. The monoisotopic (exact) mass is 153 g/mol. The minimum atomic E-state index is -0.230. The molecular formula is C7H11N3O. The zero-order valence-corrected chi connectivity index (χ0v) is 6.42. The van der Waals surface area contributed by atoms with Crippen molar-refractivity contribution in [1.82, 2.24) is 10.2 Å². The van der Waals surface area contributed by atoms with E-state index in [1.807, 2.05) is 0 Å². The van der Waals surface area contributed by atoms with Crippen molar-refractivity contribution in [2.75, 3.05) is 7.05 Å². The van der Waals surface area contributed by atoms with E-state index in [-0.39, 0.29) is 17.9 Å². The maximum absolute atomic E-state index is 11.0. The van der Waals surface area contributed by atoms with Gasteiger partial charge >= 0.3 is 6.03 Å². The molecule has 0 spiro atoms. The first-order valence-electron chi connectivity index (χ1n) is 3.39. The Labute approximate surface area is 65.4 Å². The van der Waals surface area contributed by atoms with E-state index >= 15 is 0 Å². The molecule has 1 atom stereocenters. The molecule has 4 heteroatoms. The summed E-state index contributed by atoms with van der Waals surface area (Å²) >= 11 is 0. The zero-order chi connectivity index (χ0) is 8.43. The van der Waals surface area contributed by atoms with Crippen molar-refractivity contribution in [3.8, 4) is 0 Å². The van der Waals surface area contributed by atoms with Gasteiger partial charge < -0.3 is 4.90 Å². The number of carbonyl (C=O) groups excluding carboxylic acids is 1. The molecular weight excluding hydrogens is 142 g/mol. The first-order chi connectivity index (χ1) is 5.15. The van der Waals surface area contributed by atoms with Crippen LogP contribution in [0.3, 0.4) is 0 Å². The molecule has 1 fully saturated rings. The van der Waals surface area contributed by atoms with Crippen LogP contribution in [0.15, 0.2) is 12.7 Å². The zero-order valence-electron chi connectivity index (χ0n) is 6.42. The number of carbonyl (C=O) groups is 1. The maximum Gasteiger partial charge on any atom is 0.322 e. The highest BCUT2D eigenvalue weighted by atomic mass is 16.2. The molecule has 1 rings (SSSR count). The van der Waals surface area contributed by atoms with Crippen molar-refractivity contribution >= 4 is 11.9 Å². The van der Waals surface area contributed by atoms with Crippen LogP contribution in [0.4, 0.5) is 4.79 Å². The highest BCUT2D eigenvalue weighted by Crippen LogP contribution is 2.08. The topological polar surface area (TPSA) is 56.2 Å². The third kappa shape index (κ3) is 1.39. The second-order valence-electron chi connectivity index (χ2n) is 2.53. The molecule has 1 aliphatic rings. The summed E-state index contributed by atoms with van der Waals surface area (Å²) in [4.78, 5) is 12.5. The number of amidine groups is 1. The molecule has 4 nitrogen and oxygen atoms in total. The molecule has 0 aromatic carbocycles. The quantitative estimate of drug-likeness (QED) is 0.531. The lowest BCUT2D eigenvalue weighted by Gasteiger charge is -2.30. The Morgan fingerprint density at radius 3 is 3.09 bits per heavy atom. The predicted octanol–water partition coefficient (Wildman–Crippen LogP) is 0.563. The Morgan fingerprint density at radius 2 is 2.55 bits per heavy atom. The minimum Gasteiger partial charge on any atom is -0.321 e. The molecule has 60 valence electrons. The number of likely N-dealkylation sites (N-methyl/N-ethyl adjacent to an activating group) is 1. The van der Waals surface area contributed by atoms with Crippen molar-refractivity contribution in [3.05, 3.63) is 12.7 Å². The van der Waals surface area contributed by atoms with Gasteiger partial charge in [0.05, 0.1) is 6.04 Å². The third-order valence-electron chi connectivity index (χ3n) is 1.76. The summed E-state index contributed by atoms with van der Waals surface area (Å²) < 4.78 is 0. The van der Waals surface area contributed by atoms with Crippen LogP contribution < -0.4 is 5.32 Å². The number of nitrogens with zero attached hydrogens (tertiary/aromatic N) is 1. The summed E-state index contributed by atoms with van der Waals surface area (Å²) in [6.45, 7) is 3.59. The number of amides is 2. The van der Waals surface area contributed by atoms with Gasteiger partial charge in [-0.15, -0.1) is 6.58 Å². The van der Waals surface area contributed by atoms with Crippen LogP contribution in [0, 0.1) is 5.41 Å². The highest BCUT2D eigenvalue weighted by Gasteiger charge is 2.24. The minimum absolute atomic E-state index is 0.0313. The average Bonchev–Trinajstić information content (AvgIpc) is 1.96. The number of hydrogen-bond donors (Lipinski definition) is 2. The number of rotatable bonds is 1. The Bertz CT molecular complexity index is 212. The predicted molar refractivity (Wildman–Crippen MR) is 42.6 cm³/mol. The normalized spacial score (nSPS) is 24.8. The fourth-order valence-electron chi connectivity index (χ4n) is 1.01. The van der Waals surface area contributed by atoms with Gasteiger partial charge in [0.1, 0.15) is 5.84 Å². The van der Waals surface area contributed by atoms with Crippen LogP contribution in [0.2, 0.25) is 0 Å². The molecule has 0 bridgehead atoms. The van der Waals surface area contributed by atoms with E-state index in [0.717, 1.165) is 0 Å². The Morgan fingerprint density at radius 1 is 1.91 bits per heavy atom. The first kappa shape index (κ1) is 7.78. The average molecular weight is 153 g/mol. The van der Waals surface area contributed by atoms with E-state index in [1.165, 1.54) is 4.90 Å². The van der Waals surface area contributed by atoms with Crippen molar-refractivity contribution in [3.63, 3.8) is 0 Å². The van der Waals surface area contributed by atoms with E-state index in [1.54, 1.807) is 13.1 Å². The van der Waals surface area contributed by atoms with Gasteiger partial charge in [0.15, 0.2) is 0 Å². The van der Waals surface area contributed by atoms with Gasteiger partial charge in [-0.2, -0.15) is 0 Å². The van der Waals surface area contributed by atoms with Crippen LogP contribution in [0.25, 0.3) is 0 Å². The largest absolute Gasteiger partial charge is 0.322 e. The lowest BCUT2D eigenvalue weighted by atomic mass is 10.1. The van der Waals surface area contributed by atoms with Gasteiger partial charge in [0.25, 0.3) is 0 Å². The third-order valence-corrected chi connectivity index (χ3v) is 1.76. The molecule has 0 aliphatic carbocycles. The van der Waals surface area contributed by atoms with E-state index in [4.69, 9.17) is 5.41 Å².